The number of nitrogen functional groups attached to an aromatic ring is 1. The third kappa shape index (κ3) is 3.25. The fraction of sp³-hybridized carbons (Fsp3) is 0.533. The lowest BCUT2D eigenvalue weighted by Crippen LogP contribution is -2.49. The van der Waals surface area contributed by atoms with Gasteiger partial charge in [0.2, 0.25) is 0 Å². The van der Waals surface area contributed by atoms with Crippen molar-refractivity contribution in [3.05, 3.63) is 28.8 Å². The van der Waals surface area contributed by atoms with Crippen LogP contribution in [0.4, 0.5) is 5.69 Å². The van der Waals surface area contributed by atoms with Gasteiger partial charge in [-0.25, -0.2) is 0 Å². The third-order valence-corrected chi connectivity index (χ3v) is 4.26. The van der Waals surface area contributed by atoms with E-state index < -0.39 is 0 Å². The van der Waals surface area contributed by atoms with Gasteiger partial charge in [-0.1, -0.05) is 11.6 Å². The van der Waals surface area contributed by atoms with Crippen LogP contribution in [0, 0.1) is 5.92 Å². The van der Waals surface area contributed by atoms with Crippen molar-refractivity contribution in [2.45, 2.75) is 12.8 Å². The molecule has 0 spiro atoms. The molecule has 1 aliphatic carbocycles. The van der Waals surface area contributed by atoms with Gasteiger partial charge in [-0.3, -0.25) is 9.69 Å². The Hall–Kier alpha value is -1.26. The van der Waals surface area contributed by atoms with E-state index in [1.54, 1.807) is 18.2 Å². The molecule has 0 unspecified atom stereocenters. The van der Waals surface area contributed by atoms with E-state index in [9.17, 15) is 4.79 Å². The summed E-state index contributed by atoms with van der Waals surface area (Å²) in [5, 5.41) is 0.515. The van der Waals surface area contributed by atoms with Crippen LogP contribution in [0.5, 0.6) is 0 Å². The molecule has 0 atom stereocenters. The van der Waals surface area contributed by atoms with Crippen molar-refractivity contribution < 1.29 is 4.79 Å². The Morgan fingerprint density at radius 2 is 1.90 bits per heavy atom. The van der Waals surface area contributed by atoms with Crippen molar-refractivity contribution in [2.24, 2.45) is 5.92 Å². The molecule has 20 heavy (non-hydrogen) atoms. The maximum atomic E-state index is 12.4. The van der Waals surface area contributed by atoms with Crippen molar-refractivity contribution in [1.82, 2.24) is 9.80 Å². The number of halogens is 1. The summed E-state index contributed by atoms with van der Waals surface area (Å²) in [6, 6.07) is 5.05. The van der Waals surface area contributed by atoms with Crippen molar-refractivity contribution in [3.8, 4) is 0 Å². The zero-order valence-corrected chi connectivity index (χ0v) is 12.3. The second kappa shape index (κ2) is 5.62. The molecule has 1 heterocycles. The van der Waals surface area contributed by atoms with Gasteiger partial charge in [-0.05, 0) is 37.0 Å². The molecule has 2 N–H and O–H groups in total. The fourth-order valence-corrected chi connectivity index (χ4v) is 2.96. The summed E-state index contributed by atoms with van der Waals surface area (Å²) in [5.41, 5.74) is 6.87. The van der Waals surface area contributed by atoms with Gasteiger partial charge >= 0.3 is 0 Å². The molecule has 0 bridgehead atoms. The van der Waals surface area contributed by atoms with Gasteiger partial charge in [0, 0.05) is 49.0 Å². The van der Waals surface area contributed by atoms with Crippen molar-refractivity contribution >= 4 is 23.2 Å². The second-order valence-corrected chi connectivity index (χ2v) is 6.25. The first-order chi connectivity index (χ1) is 9.61. The minimum Gasteiger partial charge on any atom is -0.399 e. The number of nitrogens with zero attached hydrogens (tertiary/aromatic N) is 2. The van der Waals surface area contributed by atoms with E-state index in [1.807, 2.05) is 4.90 Å². The molecule has 0 radical (unpaired) electrons. The average molecular weight is 294 g/mol. The van der Waals surface area contributed by atoms with Gasteiger partial charge in [0.05, 0.1) is 0 Å². The number of hydrogen-bond acceptors (Lipinski definition) is 3. The number of carbonyl (C=O) groups excluding carboxylic acids is 1. The highest BCUT2D eigenvalue weighted by Crippen LogP contribution is 2.30. The van der Waals surface area contributed by atoms with Gasteiger partial charge < -0.3 is 10.6 Å². The van der Waals surface area contributed by atoms with Crippen LogP contribution < -0.4 is 5.73 Å². The Morgan fingerprint density at radius 1 is 1.20 bits per heavy atom. The molecule has 0 aromatic heterocycles. The molecule has 2 aliphatic rings. The molecular formula is C15H20ClN3O. The highest BCUT2D eigenvalue weighted by Gasteiger charge is 2.28. The first kappa shape index (κ1) is 13.7. The normalized spacial score (nSPS) is 20.1. The maximum absolute atomic E-state index is 12.4. The third-order valence-electron chi connectivity index (χ3n) is 4.04. The first-order valence-electron chi connectivity index (χ1n) is 7.19. The topological polar surface area (TPSA) is 49.6 Å². The molecule has 1 aliphatic heterocycles. The molecule has 108 valence electrons. The molecule has 1 amide bonds. The van der Waals surface area contributed by atoms with Gasteiger partial charge in [0.1, 0.15) is 0 Å². The minimum atomic E-state index is 0.0327. The molecule has 3 rings (SSSR count). The van der Waals surface area contributed by atoms with E-state index in [2.05, 4.69) is 4.90 Å². The minimum absolute atomic E-state index is 0.0327. The number of carbonyl (C=O) groups is 1. The predicted octanol–water partition coefficient (Wildman–Crippen LogP) is 2.09. The van der Waals surface area contributed by atoms with Crippen molar-refractivity contribution in [2.75, 3.05) is 38.5 Å². The summed E-state index contributed by atoms with van der Waals surface area (Å²) in [4.78, 5) is 16.8. The monoisotopic (exact) mass is 293 g/mol. The lowest BCUT2D eigenvalue weighted by Gasteiger charge is -2.34. The van der Waals surface area contributed by atoms with E-state index in [-0.39, 0.29) is 5.91 Å². The van der Waals surface area contributed by atoms with Crippen LogP contribution in [0.25, 0.3) is 0 Å². The summed E-state index contributed by atoms with van der Waals surface area (Å²) in [5.74, 6) is 0.940. The first-order valence-corrected chi connectivity index (χ1v) is 7.57. The number of rotatable bonds is 3. The lowest BCUT2D eigenvalue weighted by molar-refractivity contribution is 0.0632. The van der Waals surface area contributed by atoms with E-state index >= 15 is 0 Å². The van der Waals surface area contributed by atoms with Crippen LogP contribution >= 0.6 is 11.6 Å². The number of piperazine rings is 1. The number of hydrogen-bond donors (Lipinski definition) is 1. The summed E-state index contributed by atoms with van der Waals surface area (Å²) >= 11 is 5.96. The number of nitrogens with two attached hydrogens (primary N) is 1. The molecular weight excluding hydrogens is 274 g/mol. The van der Waals surface area contributed by atoms with Gasteiger partial charge in [0.25, 0.3) is 5.91 Å². The number of anilines is 1. The van der Waals surface area contributed by atoms with Crippen molar-refractivity contribution in [1.29, 1.82) is 0 Å². The standard InChI is InChI=1S/C15H20ClN3O/c16-13-7-12(8-14(17)9-13)15(20)19-5-3-18(4-6-19)10-11-1-2-11/h7-9,11H,1-6,10,17H2. The zero-order valence-electron chi connectivity index (χ0n) is 11.5. The molecule has 1 saturated carbocycles. The Bertz CT molecular complexity index is 488. The Morgan fingerprint density at radius 3 is 2.50 bits per heavy atom. The molecule has 1 aromatic carbocycles. The zero-order chi connectivity index (χ0) is 14.1. The highest BCUT2D eigenvalue weighted by molar-refractivity contribution is 6.31. The Labute approximate surface area is 124 Å². The van der Waals surface area contributed by atoms with Crippen LogP contribution in [-0.2, 0) is 0 Å². The lowest BCUT2D eigenvalue weighted by atomic mass is 10.1. The van der Waals surface area contributed by atoms with Crippen LogP contribution in [-0.4, -0.2) is 48.4 Å². The van der Waals surface area contributed by atoms with Crippen LogP contribution in [0.3, 0.4) is 0 Å². The van der Waals surface area contributed by atoms with Crippen LogP contribution in [0.15, 0.2) is 18.2 Å². The largest absolute Gasteiger partial charge is 0.399 e. The molecule has 2 fully saturated rings. The van der Waals surface area contributed by atoms with Crippen molar-refractivity contribution in [3.63, 3.8) is 0 Å². The summed E-state index contributed by atoms with van der Waals surface area (Å²) < 4.78 is 0. The number of amides is 1. The van der Waals surface area contributed by atoms with E-state index in [0.29, 0.717) is 16.3 Å². The number of benzene rings is 1. The van der Waals surface area contributed by atoms with Gasteiger partial charge in [-0.2, -0.15) is 0 Å². The maximum Gasteiger partial charge on any atom is 0.254 e. The highest BCUT2D eigenvalue weighted by atomic mass is 35.5. The molecule has 1 saturated heterocycles. The van der Waals surface area contributed by atoms with Gasteiger partial charge in [0.15, 0.2) is 0 Å². The SMILES string of the molecule is Nc1cc(Cl)cc(C(=O)N2CCN(CC3CC3)CC2)c1. The Balaban J connectivity index is 1.60. The van der Waals surface area contributed by atoms with Crippen LogP contribution in [0.2, 0.25) is 5.02 Å². The summed E-state index contributed by atoms with van der Waals surface area (Å²) in [6.07, 6.45) is 2.75. The quantitative estimate of drug-likeness (QED) is 0.868. The summed E-state index contributed by atoms with van der Waals surface area (Å²) in [6.45, 7) is 4.72. The van der Waals surface area contributed by atoms with E-state index in [4.69, 9.17) is 17.3 Å². The molecule has 1 aromatic rings. The van der Waals surface area contributed by atoms with Gasteiger partial charge in [-0.15, -0.1) is 0 Å². The smallest absolute Gasteiger partial charge is 0.254 e. The average Bonchev–Trinajstić information content (AvgIpc) is 3.22. The van der Waals surface area contributed by atoms with E-state index in [1.165, 1.54) is 19.4 Å². The fourth-order valence-electron chi connectivity index (χ4n) is 2.72. The van der Waals surface area contributed by atoms with E-state index in [0.717, 1.165) is 32.1 Å². The molecule has 5 heteroatoms. The summed E-state index contributed by atoms with van der Waals surface area (Å²) in [7, 11) is 0. The molecule has 4 nitrogen and oxygen atoms in total. The van der Waals surface area contributed by atoms with Crippen LogP contribution in [0.1, 0.15) is 23.2 Å². The Kier molecular flexibility index (Phi) is 3.85. The second-order valence-electron chi connectivity index (χ2n) is 5.81. The predicted molar refractivity (Wildman–Crippen MR) is 80.9 cm³/mol.